The van der Waals surface area contributed by atoms with Crippen molar-refractivity contribution in [1.29, 1.82) is 0 Å². The van der Waals surface area contributed by atoms with Crippen LogP contribution in [0.3, 0.4) is 0 Å². The highest BCUT2D eigenvalue weighted by Gasteiger charge is 2.37. The quantitative estimate of drug-likeness (QED) is 0.881. The summed E-state index contributed by atoms with van der Waals surface area (Å²) in [4.78, 5) is 14.1. The van der Waals surface area contributed by atoms with E-state index >= 15 is 0 Å². The van der Waals surface area contributed by atoms with Crippen molar-refractivity contribution in [3.05, 3.63) is 35.9 Å². The Kier molecular flexibility index (Phi) is 3.08. The van der Waals surface area contributed by atoms with Crippen molar-refractivity contribution in [3.63, 3.8) is 0 Å². The normalized spacial score (nSPS) is 25.5. The SMILES string of the molecule is CC(CC1CC1)N1C(=O)CNC1c1ccccc1. The number of amides is 1. The molecule has 1 N–H and O–H groups in total. The molecule has 1 saturated heterocycles. The summed E-state index contributed by atoms with van der Waals surface area (Å²) >= 11 is 0. The van der Waals surface area contributed by atoms with Crippen molar-refractivity contribution >= 4 is 5.91 Å². The molecule has 1 heterocycles. The van der Waals surface area contributed by atoms with Gasteiger partial charge in [0.15, 0.2) is 0 Å². The number of carbonyl (C=O) groups is 1. The van der Waals surface area contributed by atoms with Crippen LogP contribution in [-0.2, 0) is 4.79 Å². The van der Waals surface area contributed by atoms with E-state index in [1.807, 2.05) is 23.1 Å². The highest BCUT2D eigenvalue weighted by molar-refractivity contribution is 5.81. The first kappa shape index (κ1) is 11.7. The van der Waals surface area contributed by atoms with Crippen LogP contribution in [0.2, 0.25) is 0 Å². The molecule has 1 aromatic rings. The first-order valence-electron chi connectivity index (χ1n) is 6.85. The number of benzene rings is 1. The molecule has 2 atom stereocenters. The van der Waals surface area contributed by atoms with E-state index in [-0.39, 0.29) is 12.1 Å². The van der Waals surface area contributed by atoms with Crippen LogP contribution in [-0.4, -0.2) is 23.4 Å². The Morgan fingerprint density at radius 2 is 2.06 bits per heavy atom. The molecule has 0 aromatic heterocycles. The van der Waals surface area contributed by atoms with Gasteiger partial charge in [0.05, 0.1) is 6.54 Å². The standard InChI is InChI=1S/C15H20N2O/c1-11(9-12-7-8-12)17-14(18)10-16-15(17)13-5-3-2-4-6-13/h2-6,11-12,15-16H,7-10H2,1H3. The van der Waals surface area contributed by atoms with Gasteiger partial charge in [-0.15, -0.1) is 0 Å². The lowest BCUT2D eigenvalue weighted by atomic mass is 10.1. The Bertz CT molecular complexity index is 427. The van der Waals surface area contributed by atoms with Gasteiger partial charge < -0.3 is 4.90 Å². The highest BCUT2D eigenvalue weighted by atomic mass is 16.2. The summed E-state index contributed by atoms with van der Waals surface area (Å²) in [6.07, 6.45) is 3.90. The van der Waals surface area contributed by atoms with Gasteiger partial charge in [-0.3, -0.25) is 10.1 Å². The molecule has 1 aliphatic heterocycles. The number of hydrogen-bond donors (Lipinski definition) is 1. The van der Waals surface area contributed by atoms with Crippen LogP contribution >= 0.6 is 0 Å². The summed E-state index contributed by atoms with van der Waals surface area (Å²) in [5, 5.41) is 3.32. The van der Waals surface area contributed by atoms with E-state index in [2.05, 4.69) is 24.4 Å². The molecule has 0 bridgehead atoms. The van der Waals surface area contributed by atoms with Crippen LogP contribution in [0.5, 0.6) is 0 Å². The van der Waals surface area contributed by atoms with Gasteiger partial charge in [0.1, 0.15) is 6.17 Å². The first-order valence-corrected chi connectivity index (χ1v) is 6.85. The Labute approximate surface area is 108 Å². The van der Waals surface area contributed by atoms with Gasteiger partial charge in [-0.2, -0.15) is 0 Å². The van der Waals surface area contributed by atoms with Crippen LogP contribution in [0, 0.1) is 5.92 Å². The lowest BCUT2D eigenvalue weighted by Gasteiger charge is -2.30. The molecule has 18 heavy (non-hydrogen) atoms. The summed E-state index contributed by atoms with van der Waals surface area (Å²) in [7, 11) is 0. The van der Waals surface area contributed by atoms with Gasteiger partial charge in [-0.05, 0) is 24.8 Å². The molecule has 1 aromatic carbocycles. The van der Waals surface area contributed by atoms with Crippen LogP contribution < -0.4 is 5.32 Å². The molecule has 0 radical (unpaired) electrons. The fourth-order valence-electron chi connectivity index (χ4n) is 2.88. The van der Waals surface area contributed by atoms with Crippen LogP contribution in [0.1, 0.15) is 37.9 Å². The van der Waals surface area contributed by atoms with Crippen molar-refractivity contribution in [3.8, 4) is 0 Å². The Hall–Kier alpha value is -1.35. The molecule has 2 fully saturated rings. The number of nitrogens with one attached hydrogen (secondary N) is 1. The van der Waals surface area contributed by atoms with Gasteiger partial charge in [-0.25, -0.2) is 0 Å². The van der Waals surface area contributed by atoms with E-state index in [1.165, 1.54) is 18.4 Å². The summed E-state index contributed by atoms with van der Waals surface area (Å²) in [6.45, 7) is 2.65. The maximum Gasteiger partial charge on any atom is 0.238 e. The molecule has 2 aliphatic rings. The van der Waals surface area contributed by atoms with Crippen molar-refractivity contribution in [2.75, 3.05) is 6.54 Å². The van der Waals surface area contributed by atoms with E-state index < -0.39 is 0 Å². The summed E-state index contributed by atoms with van der Waals surface area (Å²) in [6, 6.07) is 10.6. The van der Waals surface area contributed by atoms with Crippen LogP contribution in [0.15, 0.2) is 30.3 Å². The fourth-order valence-corrected chi connectivity index (χ4v) is 2.88. The minimum absolute atomic E-state index is 0.0625. The molecule has 2 unspecified atom stereocenters. The maximum absolute atomic E-state index is 12.1. The second-order valence-corrected chi connectivity index (χ2v) is 5.52. The predicted molar refractivity (Wildman–Crippen MR) is 70.8 cm³/mol. The summed E-state index contributed by atoms with van der Waals surface area (Å²) in [5.74, 6) is 1.09. The predicted octanol–water partition coefficient (Wildman–Crippen LogP) is 2.31. The van der Waals surface area contributed by atoms with E-state index in [0.717, 1.165) is 12.3 Å². The number of nitrogens with zero attached hydrogens (tertiary/aromatic N) is 1. The average Bonchev–Trinajstić information content (AvgIpc) is 3.10. The average molecular weight is 244 g/mol. The zero-order chi connectivity index (χ0) is 12.5. The molecule has 3 rings (SSSR count). The first-order chi connectivity index (χ1) is 8.75. The zero-order valence-corrected chi connectivity index (χ0v) is 10.8. The molecule has 1 amide bonds. The topological polar surface area (TPSA) is 32.3 Å². The van der Waals surface area contributed by atoms with Crippen LogP contribution in [0.25, 0.3) is 0 Å². The minimum Gasteiger partial charge on any atom is -0.319 e. The Balaban J connectivity index is 1.78. The molecule has 3 heteroatoms. The fraction of sp³-hybridized carbons (Fsp3) is 0.533. The van der Waals surface area contributed by atoms with Crippen molar-refractivity contribution < 1.29 is 4.79 Å². The molecule has 0 spiro atoms. The Morgan fingerprint density at radius 3 is 2.72 bits per heavy atom. The summed E-state index contributed by atoms with van der Waals surface area (Å²) < 4.78 is 0. The smallest absolute Gasteiger partial charge is 0.238 e. The van der Waals surface area contributed by atoms with Crippen molar-refractivity contribution in [1.82, 2.24) is 10.2 Å². The van der Waals surface area contributed by atoms with Crippen LogP contribution in [0.4, 0.5) is 0 Å². The zero-order valence-electron chi connectivity index (χ0n) is 10.8. The largest absolute Gasteiger partial charge is 0.319 e. The monoisotopic (exact) mass is 244 g/mol. The highest BCUT2D eigenvalue weighted by Crippen LogP contribution is 2.36. The van der Waals surface area contributed by atoms with Gasteiger partial charge in [0.25, 0.3) is 0 Å². The van der Waals surface area contributed by atoms with Gasteiger partial charge in [-0.1, -0.05) is 43.2 Å². The minimum atomic E-state index is 0.0625. The molecule has 1 aliphatic carbocycles. The number of hydrogen-bond acceptors (Lipinski definition) is 2. The van der Waals surface area contributed by atoms with E-state index in [9.17, 15) is 4.79 Å². The Morgan fingerprint density at radius 1 is 1.33 bits per heavy atom. The third kappa shape index (κ3) is 2.27. The molecular weight excluding hydrogens is 224 g/mol. The van der Waals surface area contributed by atoms with E-state index in [1.54, 1.807) is 0 Å². The van der Waals surface area contributed by atoms with E-state index in [4.69, 9.17) is 0 Å². The molecule has 3 nitrogen and oxygen atoms in total. The molecule has 1 saturated carbocycles. The third-order valence-electron chi connectivity index (χ3n) is 3.97. The number of carbonyl (C=O) groups excluding carboxylic acids is 1. The maximum atomic E-state index is 12.1. The second kappa shape index (κ2) is 4.73. The van der Waals surface area contributed by atoms with Gasteiger partial charge in [0.2, 0.25) is 5.91 Å². The molecule has 96 valence electrons. The molecular formula is C15H20N2O. The van der Waals surface area contributed by atoms with Gasteiger partial charge >= 0.3 is 0 Å². The van der Waals surface area contributed by atoms with Gasteiger partial charge in [0, 0.05) is 6.04 Å². The summed E-state index contributed by atoms with van der Waals surface area (Å²) in [5.41, 5.74) is 1.19. The van der Waals surface area contributed by atoms with Crippen molar-refractivity contribution in [2.24, 2.45) is 5.92 Å². The lowest BCUT2D eigenvalue weighted by Crippen LogP contribution is -2.38. The number of rotatable bonds is 4. The second-order valence-electron chi connectivity index (χ2n) is 5.52. The lowest BCUT2D eigenvalue weighted by molar-refractivity contribution is -0.130. The van der Waals surface area contributed by atoms with E-state index in [0.29, 0.717) is 12.6 Å². The third-order valence-corrected chi connectivity index (χ3v) is 3.97. The van der Waals surface area contributed by atoms with Crippen molar-refractivity contribution in [2.45, 2.75) is 38.4 Å².